The molecule has 5 rings (SSSR count). The van der Waals surface area contributed by atoms with E-state index in [1.165, 1.54) is 4.70 Å². The van der Waals surface area contributed by atoms with Crippen molar-refractivity contribution in [2.75, 3.05) is 10.6 Å². The summed E-state index contributed by atoms with van der Waals surface area (Å²) in [6, 6.07) is 23.0. The Morgan fingerprint density at radius 3 is 2.48 bits per heavy atom. The SMILES string of the molecule is O=C(Nc1ccc(Cc2nc3ccccc3s2)cc1)c1cccc(NC(=O)C2CC2)c1. The maximum Gasteiger partial charge on any atom is 0.255 e. The Labute approximate surface area is 184 Å². The zero-order chi connectivity index (χ0) is 21.2. The molecule has 2 amide bonds. The van der Waals surface area contributed by atoms with Crippen LogP contribution in [-0.2, 0) is 11.2 Å². The van der Waals surface area contributed by atoms with E-state index in [0.717, 1.165) is 41.0 Å². The molecule has 0 bridgehead atoms. The summed E-state index contributed by atoms with van der Waals surface area (Å²) in [7, 11) is 0. The molecular weight excluding hydrogens is 406 g/mol. The topological polar surface area (TPSA) is 71.1 Å². The molecule has 154 valence electrons. The van der Waals surface area contributed by atoms with E-state index < -0.39 is 0 Å². The smallest absolute Gasteiger partial charge is 0.255 e. The highest BCUT2D eigenvalue weighted by Gasteiger charge is 2.29. The average molecular weight is 428 g/mol. The molecule has 6 heteroatoms. The Balaban J connectivity index is 1.23. The van der Waals surface area contributed by atoms with Crippen LogP contribution in [0.1, 0.15) is 33.8 Å². The number of hydrogen-bond acceptors (Lipinski definition) is 4. The van der Waals surface area contributed by atoms with Gasteiger partial charge in [-0.2, -0.15) is 0 Å². The molecule has 0 unspecified atom stereocenters. The molecule has 0 radical (unpaired) electrons. The minimum Gasteiger partial charge on any atom is -0.326 e. The van der Waals surface area contributed by atoms with Crippen molar-refractivity contribution in [1.82, 2.24) is 4.98 Å². The van der Waals surface area contributed by atoms with Crippen molar-refractivity contribution < 1.29 is 9.59 Å². The predicted octanol–water partition coefficient (Wildman–Crippen LogP) is 5.49. The van der Waals surface area contributed by atoms with Gasteiger partial charge < -0.3 is 10.6 Å². The first-order valence-corrected chi connectivity index (χ1v) is 11.1. The Hall–Kier alpha value is -3.51. The van der Waals surface area contributed by atoms with Crippen LogP contribution in [0.5, 0.6) is 0 Å². The molecule has 0 saturated heterocycles. The molecule has 3 aromatic carbocycles. The van der Waals surface area contributed by atoms with Gasteiger partial charge in [0.05, 0.1) is 15.2 Å². The summed E-state index contributed by atoms with van der Waals surface area (Å²) >= 11 is 1.70. The molecule has 1 aromatic heterocycles. The van der Waals surface area contributed by atoms with Gasteiger partial charge in [0.2, 0.25) is 5.91 Å². The minimum absolute atomic E-state index is 0.0290. The molecule has 0 atom stereocenters. The van der Waals surface area contributed by atoms with E-state index in [-0.39, 0.29) is 17.7 Å². The standard InChI is InChI=1S/C25H21N3O2S/c29-24(17-10-11-17)27-20-5-3-4-18(15-20)25(30)26-19-12-8-16(9-13-19)14-23-28-21-6-1-2-7-22(21)31-23/h1-9,12-13,15,17H,10-11,14H2,(H,26,30)(H,27,29). The number of fused-ring (bicyclic) bond motifs is 1. The first kappa shape index (κ1) is 19.5. The molecule has 1 heterocycles. The van der Waals surface area contributed by atoms with E-state index in [9.17, 15) is 9.59 Å². The summed E-state index contributed by atoms with van der Waals surface area (Å²) in [6.45, 7) is 0. The maximum atomic E-state index is 12.6. The number of carbonyl (C=O) groups is 2. The van der Waals surface area contributed by atoms with Gasteiger partial charge in [-0.25, -0.2) is 4.98 Å². The maximum absolute atomic E-state index is 12.6. The van der Waals surface area contributed by atoms with Gasteiger partial charge in [0, 0.05) is 29.3 Å². The first-order valence-electron chi connectivity index (χ1n) is 10.3. The fourth-order valence-electron chi connectivity index (χ4n) is 3.41. The minimum atomic E-state index is -0.207. The molecule has 1 saturated carbocycles. The molecule has 1 fully saturated rings. The number of carbonyl (C=O) groups excluding carboxylic acids is 2. The van der Waals surface area contributed by atoms with Crippen molar-refractivity contribution in [3.63, 3.8) is 0 Å². The lowest BCUT2D eigenvalue weighted by Crippen LogP contribution is -2.15. The summed E-state index contributed by atoms with van der Waals surface area (Å²) in [5.74, 6) is -0.0542. The second kappa shape index (κ2) is 8.32. The number of rotatable bonds is 6. The Morgan fingerprint density at radius 1 is 0.903 bits per heavy atom. The molecule has 4 aromatic rings. The van der Waals surface area contributed by atoms with Crippen molar-refractivity contribution in [1.29, 1.82) is 0 Å². The Morgan fingerprint density at radius 2 is 1.71 bits per heavy atom. The summed E-state index contributed by atoms with van der Waals surface area (Å²) < 4.78 is 1.19. The summed E-state index contributed by atoms with van der Waals surface area (Å²) in [5, 5.41) is 6.87. The van der Waals surface area contributed by atoms with Gasteiger partial charge >= 0.3 is 0 Å². The van der Waals surface area contributed by atoms with Gasteiger partial charge in [-0.3, -0.25) is 9.59 Å². The van der Waals surface area contributed by atoms with Gasteiger partial charge in [-0.1, -0.05) is 30.3 Å². The quantitative estimate of drug-likeness (QED) is 0.428. The van der Waals surface area contributed by atoms with E-state index >= 15 is 0 Å². The fourth-order valence-corrected chi connectivity index (χ4v) is 4.41. The van der Waals surface area contributed by atoms with E-state index in [2.05, 4.69) is 21.7 Å². The van der Waals surface area contributed by atoms with Gasteiger partial charge in [-0.15, -0.1) is 11.3 Å². The third-order valence-electron chi connectivity index (χ3n) is 5.25. The lowest BCUT2D eigenvalue weighted by molar-refractivity contribution is -0.117. The van der Waals surface area contributed by atoms with Gasteiger partial charge in [0.15, 0.2) is 0 Å². The van der Waals surface area contributed by atoms with Crippen LogP contribution in [-0.4, -0.2) is 16.8 Å². The Bertz CT molecular complexity index is 1230. The van der Waals surface area contributed by atoms with E-state index in [1.54, 1.807) is 35.6 Å². The average Bonchev–Trinajstić information content (AvgIpc) is 3.55. The second-order valence-corrected chi connectivity index (χ2v) is 8.86. The van der Waals surface area contributed by atoms with Crippen molar-refractivity contribution in [2.45, 2.75) is 19.3 Å². The highest BCUT2D eigenvalue weighted by atomic mass is 32.1. The van der Waals surface area contributed by atoms with Crippen LogP contribution in [0.2, 0.25) is 0 Å². The summed E-state index contributed by atoms with van der Waals surface area (Å²) in [4.78, 5) is 29.3. The van der Waals surface area contributed by atoms with Crippen LogP contribution in [0.3, 0.4) is 0 Å². The van der Waals surface area contributed by atoms with E-state index in [0.29, 0.717) is 11.3 Å². The van der Waals surface area contributed by atoms with Crippen LogP contribution in [0, 0.1) is 5.92 Å². The van der Waals surface area contributed by atoms with Crippen molar-refractivity contribution in [2.24, 2.45) is 5.92 Å². The highest BCUT2D eigenvalue weighted by Crippen LogP contribution is 2.30. The first-order chi connectivity index (χ1) is 15.1. The van der Waals surface area contributed by atoms with Crippen LogP contribution in [0.25, 0.3) is 10.2 Å². The Kier molecular flexibility index (Phi) is 5.22. The van der Waals surface area contributed by atoms with Gasteiger partial charge in [-0.05, 0) is 60.9 Å². The molecule has 2 N–H and O–H groups in total. The summed E-state index contributed by atoms with van der Waals surface area (Å²) in [5.41, 5.74) is 4.05. The lowest BCUT2D eigenvalue weighted by Gasteiger charge is -2.09. The number of nitrogens with one attached hydrogen (secondary N) is 2. The molecular formula is C25H21N3O2S. The number of benzene rings is 3. The third-order valence-corrected chi connectivity index (χ3v) is 6.28. The van der Waals surface area contributed by atoms with Crippen LogP contribution < -0.4 is 10.6 Å². The van der Waals surface area contributed by atoms with E-state index in [1.807, 2.05) is 42.5 Å². The number of aromatic nitrogens is 1. The molecule has 0 aliphatic heterocycles. The van der Waals surface area contributed by atoms with Crippen LogP contribution in [0.15, 0.2) is 72.8 Å². The van der Waals surface area contributed by atoms with E-state index in [4.69, 9.17) is 0 Å². The second-order valence-electron chi connectivity index (χ2n) is 7.75. The number of hydrogen-bond donors (Lipinski definition) is 2. The molecule has 5 nitrogen and oxygen atoms in total. The molecule has 31 heavy (non-hydrogen) atoms. The monoisotopic (exact) mass is 427 g/mol. The van der Waals surface area contributed by atoms with Crippen molar-refractivity contribution >= 4 is 44.7 Å². The largest absolute Gasteiger partial charge is 0.326 e. The van der Waals surface area contributed by atoms with Crippen molar-refractivity contribution in [3.05, 3.63) is 88.9 Å². The number of amides is 2. The zero-order valence-corrected chi connectivity index (χ0v) is 17.6. The van der Waals surface area contributed by atoms with Gasteiger partial charge in [0.25, 0.3) is 5.91 Å². The molecule has 1 aliphatic rings. The normalized spacial score (nSPS) is 13.2. The third kappa shape index (κ3) is 4.64. The molecule has 1 aliphatic carbocycles. The number of para-hydroxylation sites is 1. The lowest BCUT2D eigenvalue weighted by atomic mass is 10.1. The predicted molar refractivity (Wildman–Crippen MR) is 125 cm³/mol. The summed E-state index contributed by atoms with van der Waals surface area (Å²) in [6.07, 6.45) is 2.65. The van der Waals surface area contributed by atoms with Crippen LogP contribution >= 0.6 is 11.3 Å². The van der Waals surface area contributed by atoms with Crippen molar-refractivity contribution in [3.8, 4) is 0 Å². The number of anilines is 2. The van der Waals surface area contributed by atoms with Gasteiger partial charge in [0.1, 0.15) is 0 Å². The highest BCUT2D eigenvalue weighted by molar-refractivity contribution is 7.18. The number of thiazole rings is 1. The number of nitrogens with zero attached hydrogens (tertiary/aromatic N) is 1. The van der Waals surface area contributed by atoms with Crippen LogP contribution in [0.4, 0.5) is 11.4 Å². The fraction of sp³-hybridized carbons (Fsp3) is 0.160. The zero-order valence-electron chi connectivity index (χ0n) is 16.8. The molecule has 0 spiro atoms.